The van der Waals surface area contributed by atoms with E-state index in [4.69, 9.17) is 8.83 Å². The molecule has 11 rings (SSSR count). The fourth-order valence-electron chi connectivity index (χ4n) is 8.13. The number of benzene rings is 9. The van der Waals surface area contributed by atoms with Crippen LogP contribution in [0.25, 0.3) is 109 Å². The highest BCUT2D eigenvalue weighted by atomic mass is 16.3. The van der Waals surface area contributed by atoms with E-state index in [2.05, 4.69) is 0 Å². The van der Waals surface area contributed by atoms with Gasteiger partial charge in [0, 0.05) is 64.6 Å². The van der Waals surface area contributed by atoms with E-state index in [0.717, 1.165) is 32.3 Å². The zero-order valence-corrected chi connectivity index (χ0v) is 24.8. The summed E-state index contributed by atoms with van der Waals surface area (Å²) < 4.78 is 13.2. The maximum Gasteiger partial charge on any atom is 0.198 e. The van der Waals surface area contributed by atoms with Crippen molar-refractivity contribution in [3.05, 3.63) is 150 Å². The van der Waals surface area contributed by atoms with Crippen LogP contribution >= 0.6 is 0 Å². The molecule has 48 heavy (non-hydrogen) atoms. The lowest BCUT2D eigenvalue weighted by Gasteiger charge is -2.17. The summed E-state index contributed by atoms with van der Waals surface area (Å²) in [6.45, 7) is 0. The van der Waals surface area contributed by atoms with Gasteiger partial charge in [0.05, 0.1) is 10.8 Å². The predicted molar refractivity (Wildman–Crippen MR) is 193 cm³/mol. The van der Waals surface area contributed by atoms with Crippen LogP contribution in [-0.2, 0) is 0 Å². The van der Waals surface area contributed by atoms with Crippen molar-refractivity contribution in [2.24, 2.45) is 0 Å². The summed E-state index contributed by atoms with van der Waals surface area (Å²) >= 11 is 0. The molecule has 6 nitrogen and oxygen atoms in total. The van der Waals surface area contributed by atoms with E-state index in [1.54, 1.807) is 60.7 Å². The first-order valence-corrected chi connectivity index (χ1v) is 15.6. The first-order valence-electron chi connectivity index (χ1n) is 15.6. The second kappa shape index (κ2) is 8.57. The van der Waals surface area contributed by atoms with E-state index in [9.17, 15) is 19.2 Å². The van der Waals surface area contributed by atoms with Gasteiger partial charge in [-0.2, -0.15) is 0 Å². The minimum atomic E-state index is -0.252. The first kappa shape index (κ1) is 25.5. The van der Waals surface area contributed by atoms with Gasteiger partial charge >= 0.3 is 0 Å². The van der Waals surface area contributed by atoms with Gasteiger partial charge in [-0.05, 0) is 47.2 Å². The van der Waals surface area contributed by atoms with Crippen molar-refractivity contribution >= 4 is 109 Å². The van der Waals surface area contributed by atoms with Gasteiger partial charge in [-0.1, -0.05) is 72.8 Å². The zero-order valence-electron chi connectivity index (χ0n) is 24.8. The monoisotopic (exact) mass is 618 g/mol. The fourth-order valence-corrected chi connectivity index (χ4v) is 8.13. The van der Waals surface area contributed by atoms with E-state index in [0.29, 0.717) is 65.4 Å². The predicted octanol–water partition coefficient (Wildman–Crippen LogP) is 8.72. The van der Waals surface area contributed by atoms with Crippen molar-refractivity contribution < 1.29 is 8.83 Å². The molecule has 0 radical (unpaired) electrons. The lowest BCUT2D eigenvalue weighted by Crippen LogP contribution is -2.13. The maximum absolute atomic E-state index is 14.0. The Bertz CT molecular complexity index is 3300. The molecule has 0 fully saturated rings. The standard InChI is InChI=1S/C42H18O6/c43-37-19-7-1-3-9-21(19)39(45)35-25(37)15-17-27-31-23-11-6-14-30-34(23)32(24-12-5-13-29(33(24)31)47-41(27)35)28-18-16-26-36(42(28)48-30)40(46)22-10-4-2-8-20(22)38(26)44/h1-18H. The summed E-state index contributed by atoms with van der Waals surface area (Å²) in [5.41, 5.74) is 0.893. The third-order valence-corrected chi connectivity index (χ3v) is 10.1. The van der Waals surface area contributed by atoms with Gasteiger partial charge in [-0.3, -0.25) is 19.2 Å². The lowest BCUT2D eigenvalue weighted by molar-refractivity contribution is 0.664. The second-order valence-corrected chi connectivity index (χ2v) is 12.4. The van der Waals surface area contributed by atoms with Crippen LogP contribution in [0.3, 0.4) is 0 Å². The molecule has 0 aliphatic carbocycles. The van der Waals surface area contributed by atoms with Crippen molar-refractivity contribution in [3.63, 3.8) is 0 Å². The normalized spacial score (nSPS) is 12.5. The molecule has 0 saturated heterocycles. The van der Waals surface area contributed by atoms with Crippen molar-refractivity contribution in [3.8, 4) is 0 Å². The lowest BCUT2D eigenvalue weighted by atomic mass is 9.89. The minimum Gasteiger partial charge on any atom is -0.455 e. The Balaban J connectivity index is 1.41. The molecular formula is C42H18O6. The number of hydrogen-bond acceptors (Lipinski definition) is 6. The van der Waals surface area contributed by atoms with Crippen LogP contribution in [0.4, 0.5) is 0 Å². The number of rotatable bonds is 0. The van der Waals surface area contributed by atoms with Crippen molar-refractivity contribution in [2.45, 2.75) is 0 Å². The number of hydrogen-bond donors (Lipinski definition) is 0. The number of fused-ring (bicyclic) bond motifs is 12. The smallest absolute Gasteiger partial charge is 0.198 e. The van der Waals surface area contributed by atoms with E-state index < -0.39 is 0 Å². The Labute approximate surface area is 266 Å². The molecule has 11 aromatic rings. The molecule has 0 unspecified atom stereocenters. The van der Waals surface area contributed by atoms with Crippen LogP contribution in [0.1, 0.15) is 0 Å². The third kappa shape index (κ3) is 2.89. The van der Waals surface area contributed by atoms with Crippen LogP contribution in [0.15, 0.2) is 137 Å². The van der Waals surface area contributed by atoms with Crippen LogP contribution < -0.4 is 21.7 Å². The molecule has 0 atom stereocenters. The molecule has 0 spiro atoms. The van der Waals surface area contributed by atoms with E-state index >= 15 is 0 Å². The van der Waals surface area contributed by atoms with Crippen molar-refractivity contribution in [2.75, 3.05) is 0 Å². The van der Waals surface area contributed by atoms with Gasteiger partial charge in [0.2, 0.25) is 0 Å². The molecule has 0 N–H and O–H groups in total. The highest BCUT2D eigenvalue weighted by molar-refractivity contribution is 6.41. The van der Waals surface area contributed by atoms with Crippen molar-refractivity contribution in [1.82, 2.24) is 0 Å². The molecule has 9 aromatic carbocycles. The third-order valence-electron chi connectivity index (χ3n) is 10.1. The molecule has 0 saturated carbocycles. The highest BCUT2D eigenvalue weighted by Crippen LogP contribution is 2.47. The van der Waals surface area contributed by atoms with Crippen molar-refractivity contribution in [1.29, 1.82) is 0 Å². The maximum atomic E-state index is 14.0. The van der Waals surface area contributed by atoms with E-state index in [1.807, 2.05) is 48.5 Å². The first-order chi connectivity index (χ1) is 23.5. The van der Waals surface area contributed by atoms with Crippen LogP contribution in [0.2, 0.25) is 0 Å². The summed E-state index contributed by atoms with van der Waals surface area (Å²) in [7, 11) is 0. The topological polar surface area (TPSA) is 94.6 Å². The average molecular weight is 619 g/mol. The Hall–Kier alpha value is -6.66. The van der Waals surface area contributed by atoms with E-state index in [1.165, 1.54) is 0 Å². The SMILES string of the molecule is O=c1c2ccccc2c(=O)c2c1ccc1c2oc2cccc3c2c1c1cccc2oc4c(ccc5c(=O)c6ccccc6c(=O)c54)c3c21. The molecule has 0 aliphatic heterocycles. The molecule has 222 valence electrons. The van der Waals surface area contributed by atoms with Gasteiger partial charge < -0.3 is 8.83 Å². The molecule has 0 amide bonds. The van der Waals surface area contributed by atoms with E-state index in [-0.39, 0.29) is 32.5 Å². The molecule has 0 aliphatic rings. The summed E-state index contributed by atoms with van der Waals surface area (Å²) in [6.07, 6.45) is 0. The van der Waals surface area contributed by atoms with Gasteiger partial charge in [-0.25, -0.2) is 0 Å². The van der Waals surface area contributed by atoms with Gasteiger partial charge in [0.1, 0.15) is 22.3 Å². The Morgan fingerprint density at radius 2 is 0.625 bits per heavy atom. The zero-order chi connectivity index (χ0) is 32.0. The highest BCUT2D eigenvalue weighted by Gasteiger charge is 2.24. The van der Waals surface area contributed by atoms with Crippen LogP contribution in [0, 0.1) is 0 Å². The fraction of sp³-hybridized carbons (Fsp3) is 0. The molecule has 6 heteroatoms. The average Bonchev–Trinajstić information content (AvgIpc) is 3.13. The van der Waals surface area contributed by atoms with Crippen LogP contribution in [0.5, 0.6) is 0 Å². The van der Waals surface area contributed by atoms with Gasteiger partial charge in [-0.15, -0.1) is 0 Å². The summed E-state index contributed by atoms with van der Waals surface area (Å²) in [4.78, 5) is 55.1. The largest absolute Gasteiger partial charge is 0.455 e. The molecule has 0 bridgehead atoms. The summed E-state index contributed by atoms with van der Waals surface area (Å²) in [5.74, 6) is 0. The Morgan fingerprint density at radius 3 is 1.04 bits per heavy atom. The summed E-state index contributed by atoms with van der Waals surface area (Å²) in [5, 5.41) is 9.23. The summed E-state index contributed by atoms with van der Waals surface area (Å²) in [6, 6.07) is 32.5. The Morgan fingerprint density at radius 1 is 0.271 bits per heavy atom. The molecular weight excluding hydrogens is 600 g/mol. The van der Waals surface area contributed by atoms with Gasteiger partial charge in [0.15, 0.2) is 21.7 Å². The molecule has 2 aromatic heterocycles. The second-order valence-electron chi connectivity index (χ2n) is 12.4. The van der Waals surface area contributed by atoms with Crippen LogP contribution in [-0.4, -0.2) is 0 Å². The van der Waals surface area contributed by atoms with Gasteiger partial charge in [0.25, 0.3) is 0 Å². The molecule has 2 heterocycles. The Kier molecular flexibility index (Phi) is 4.56. The quantitative estimate of drug-likeness (QED) is 0.125. The minimum absolute atomic E-state index is 0.212.